The molecule has 26 heavy (non-hydrogen) atoms. The molecule has 1 aliphatic heterocycles. The molecule has 0 aliphatic carbocycles. The van der Waals surface area contributed by atoms with Crippen molar-refractivity contribution in [2.45, 2.75) is 19.1 Å². The minimum Gasteiger partial charge on any atom is -0.373 e. The summed E-state index contributed by atoms with van der Waals surface area (Å²) in [5, 5.41) is 11.9. The van der Waals surface area contributed by atoms with Gasteiger partial charge in [0.25, 0.3) is 5.91 Å². The predicted octanol–water partition coefficient (Wildman–Crippen LogP) is 2.06. The minimum atomic E-state index is -0.263. The van der Waals surface area contributed by atoms with Gasteiger partial charge in [-0.3, -0.25) is 9.69 Å². The van der Waals surface area contributed by atoms with Crippen LogP contribution in [-0.2, 0) is 4.74 Å². The lowest BCUT2D eigenvalue weighted by Crippen LogP contribution is -2.48. The second-order valence-corrected chi connectivity index (χ2v) is 6.40. The second-order valence-electron chi connectivity index (χ2n) is 6.40. The molecule has 1 aromatic carbocycles. The maximum atomic E-state index is 12.4. The van der Waals surface area contributed by atoms with Crippen molar-refractivity contribution in [2.75, 3.05) is 26.7 Å². The van der Waals surface area contributed by atoms with E-state index in [0.29, 0.717) is 30.1 Å². The van der Waals surface area contributed by atoms with Gasteiger partial charge in [-0.25, -0.2) is 4.98 Å². The van der Waals surface area contributed by atoms with E-state index in [1.807, 2.05) is 18.2 Å². The van der Waals surface area contributed by atoms with Gasteiger partial charge >= 0.3 is 0 Å². The van der Waals surface area contributed by atoms with E-state index in [1.165, 1.54) is 5.56 Å². The number of nitrogens with one attached hydrogen (secondary N) is 1. The van der Waals surface area contributed by atoms with E-state index in [-0.39, 0.29) is 18.1 Å². The SMILES string of the molecule is Cc1nc(C(=O)NC[C@@H]2OCCN(C)[C@H]2c2ccccc2)ccc1C#N. The Morgan fingerprint density at radius 1 is 1.35 bits per heavy atom. The number of likely N-dealkylation sites (N-methyl/N-ethyl adjacent to an activating group) is 1. The molecule has 1 N–H and O–H groups in total. The summed E-state index contributed by atoms with van der Waals surface area (Å²) < 4.78 is 5.94. The van der Waals surface area contributed by atoms with Crippen LogP contribution < -0.4 is 5.32 Å². The summed E-state index contributed by atoms with van der Waals surface area (Å²) in [7, 11) is 2.07. The highest BCUT2D eigenvalue weighted by Crippen LogP contribution is 2.27. The highest BCUT2D eigenvalue weighted by atomic mass is 16.5. The number of carbonyl (C=O) groups excluding carboxylic acids is 1. The summed E-state index contributed by atoms with van der Waals surface area (Å²) in [5.41, 5.74) is 2.50. The molecular weight excluding hydrogens is 328 g/mol. The summed E-state index contributed by atoms with van der Waals surface area (Å²) in [6, 6.07) is 15.5. The highest BCUT2D eigenvalue weighted by Gasteiger charge is 2.31. The molecule has 1 saturated heterocycles. The third kappa shape index (κ3) is 3.90. The van der Waals surface area contributed by atoms with Crippen LogP contribution in [0.25, 0.3) is 0 Å². The number of ether oxygens (including phenoxy) is 1. The molecule has 3 rings (SSSR count). The Hall–Kier alpha value is -2.75. The number of rotatable bonds is 4. The Kier molecular flexibility index (Phi) is 5.61. The van der Waals surface area contributed by atoms with Crippen LogP contribution >= 0.6 is 0 Å². The Labute approximate surface area is 153 Å². The molecule has 1 aromatic heterocycles. The second kappa shape index (κ2) is 8.09. The first-order chi connectivity index (χ1) is 12.6. The van der Waals surface area contributed by atoms with Gasteiger partial charge in [0, 0.05) is 13.1 Å². The zero-order valence-corrected chi connectivity index (χ0v) is 15.0. The number of morpholine rings is 1. The molecule has 1 aliphatic rings. The normalized spacial score (nSPS) is 20.3. The molecule has 0 bridgehead atoms. The smallest absolute Gasteiger partial charge is 0.269 e. The zero-order valence-electron chi connectivity index (χ0n) is 15.0. The van der Waals surface area contributed by atoms with E-state index in [1.54, 1.807) is 19.1 Å². The van der Waals surface area contributed by atoms with E-state index in [2.05, 4.69) is 40.5 Å². The van der Waals surface area contributed by atoms with Crippen LogP contribution in [0.2, 0.25) is 0 Å². The Morgan fingerprint density at radius 3 is 2.81 bits per heavy atom. The van der Waals surface area contributed by atoms with Crippen LogP contribution in [-0.4, -0.2) is 48.6 Å². The Morgan fingerprint density at radius 2 is 2.12 bits per heavy atom. The van der Waals surface area contributed by atoms with Gasteiger partial charge in [-0.05, 0) is 31.7 Å². The molecule has 0 radical (unpaired) electrons. The van der Waals surface area contributed by atoms with Crippen molar-refractivity contribution in [3.63, 3.8) is 0 Å². The van der Waals surface area contributed by atoms with Gasteiger partial charge in [-0.1, -0.05) is 30.3 Å². The van der Waals surface area contributed by atoms with Crippen LogP contribution in [0.1, 0.15) is 33.4 Å². The fourth-order valence-corrected chi connectivity index (χ4v) is 3.24. The molecule has 0 unspecified atom stereocenters. The molecule has 6 heteroatoms. The summed E-state index contributed by atoms with van der Waals surface area (Å²) in [6.07, 6.45) is -0.139. The fraction of sp³-hybridized carbons (Fsp3) is 0.350. The van der Waals surface area contributed by atoms with E-state index in [4.69, 9.17) is 10.00 Å². The first-order valence-electron chi connectivity index (χ1n) is 8.63. The summed E-state index contributed by atoms with van der Waals surface area (Å²) >= 11 is 0. The molecule has 2 heterocycles. The van der Waals surface area contributed by atoms with Gasteiger partial charge in [-0.15, -0.1) is 0 Å². The summed E-state index contributed by atoms with van der Waals surface area (Å²) in [6.45, 7) is 3.60. The molecule has 2 aromatic rings. The molecule has 1 amide bonds. The van der Waals surface area contributed by atoms with Gasteiger partial charge in [0.2, 0.25) is 0 Å². The third-order valence-corrected chi connectivity index (χ3v) is 4.65. The Balaban J connectivity index is 1.70. The maximum Gasteiger partial charge on any atom is 0.269 e. The number of nitrogens with zero attached hydrogens (tertiary/aromatic N) is 3. The van der Waals surface area contributed by atoms with Crippen LogP contribution in [0.5, 0.6) is 0 Å². The number of carbonyl (C=O) groups is 1. The zero-order chi connectivity index (χ0) is 18.5. The van der Waals surface area contributed by atoms with E-state index < -0.39 is 0 Å². The molecule has 2 atom stereocenters. The van der Waals surface area contributed by atoms with E-state index >= 15 is 0 Å². The van der Waals surface area contributed by atoms with Gasteiger partial charge < -0.3 is 10.1 Å². The fourth-order valence-electron chi connectivity index (χ4n) is 3.24. The lowest BCUT2D eigenvalue weighted by atomic mass is 9.98. The number of aromatic nitrogens is 1. The number of benzene rings is 1. The van der Waals surface area contributed by atoms with Crippen molar-refractivity contribution < 1.29 is 9.53 Å². The lowest BCUT2D eigenvalue weighted by Gasteiger charge is -2.39. The molecule has 0 spiro atoms. The van der Waals surface area contributed by atoms with Crippen LogP contribution in [0.15, 0.2) is 42.5 Å². The van der Waals surface area contributed by atoms with Gasteiger partial charge in [0.1, 0.15) is 11.8 Å². The molecule has 6 nitrogen and oxygen atoms in total. The van der Waals surface area contributed by atoms with E-state index in [0.717, 1.165) is 6.54 Å². The van der Waals surface area contributed by atoms with Gasteiger partial charge in [-0.2, -0.15) is 5.26 Å². The average molecular weight is 350 g/mol. The molecular formula is C20H22N4O2. The minimum absolute atomic E-state index is 0.0842. The Bertz CT molecular complexity index is 816. The van der Waals surface area contributed by atoms with Crippen molar-refractivity contribution >= 4 is 5.91 Å². The number of nitriles is 1. The van der Waals surface area contributed by atoms with Crippen molar-refractivity contribution in [3.05, 3.63) is 65.0 Å². The number of hydrogen-bond donors (Lipinski definition) is 1. The number of aryl methyl sites for hydroxylation is 1. The van der Waals surface area contributed by atoms with E-state index in [9.17, 15) is 4.79 Å². The first kappa shape index (κ1) is 18.1. The number of pyridine rings is 1. The first-order valence-corrected chi connectivity index (χ1v) is 8.63. The molecule has 0 saturated carbocycles. The summed E-state index contributed by atoms with van der Waals surface area (Å²) in [4.78, 5) is 18.9. The van der Waals surface area contributed by atoms with Crippen molar-refractivity contribution in [3.8, 4) is 6.07 Å². The lowest BCUT2D eigenvalue weighted by molar-refractivity contribution is -0.0605. The topological polar surface area (TPSA) is 78.2 Å². The predicted molar refractivity (Wildman–Crippen MR) is 97.6 cm³/mol. The average Bonchev–Trinajstić information content (AvgIpc) is 2.66. The van der Waals surface area contributed by atoms with Crippen molar-refractivity contribution in [1.82, 2.24) is 15.2 Å². The quantitative estimate of drug-likeness (QED) is 0.913. The monoisotopic (exact) mass is 350 g/mol. The van der Waals surface area contributed by atoms with Gasteiger partial charge in [0.05, 0.1) is 30.0 Å². The molecule has 134 valence electrons. The number of hydrogen-bond acceptors (Lipinski definition) is 5. The number of amides is 1. The van der Waals surface area contributed by atoms with Crippen LogP contribution in [0, 0.1) is 18.3 Å². The van der Waals surface area contributed by atoms with Crippen LogP contribution in [0.4, 0.5) is 0 Å². The van der Waals surface area contributed by atoms with Gasteiger partial charge in [0.15, 0.2) is 0 Å². The highest BCUT2D eigenvalue weighted by molar-refractivity contribution is 5.92. The molecule has 1 fully saturated rings. The summed E-state index contributed by atoms with van der Waals surface area (Å²) in [5.74, 6) is -0.263. The maximum absolute atomic E-state index is 12.4. The van der Waals surface area contributed by atoms with Crippen molar-refractivity contribution in [1.29, 1.82) is 5.26 Å². The largest absolute Gasteiger partial charge is 0.373 e. The van der Waals surface area contributed by atoms with Crippen molar-refractivity contribution in [2.24, 2.45) is 0 Å². The standard InChI is InChI=1S/C20H22N4O2/c1-14-16(12-21)8-9-17(23-14)20(25)22-13-18-19(24(2)10-11-26-18)15-6-4-3-5-7-15/h3-9,18-19H,10-11,13H2,1-2H3,(H,22,25)/t18-,19-/m0/s1. The third-order valence-electron chi connectivity index (χ3n) is 4.65. The van der Waals surface area contributed by atoms with Crippen LogP contribution in [0.3, 0.4) is 0 Å².